The Hall–Kier alpha value is -1.55. The molecule has 2 aliphatic rings. The van der Waals surface area contributed by atoms with E-state index >= 15 is 0 Å². The summed E-state index contributed by atoms with van der Waals surface area (Å²) in [6, 6.07) is 9.17. The van der Waals surface area contributed by atoms with Crippen molar-refractivity contribution in [3.63, 3.8) is 0 Å². The van der Waals surface area contributed by atoms with Gasteiger partial charge in [0.15, 0.2) is 0 Å². The minimum absolute atomic E-state index is 0.105. The third-order valence-corrected chi connectivity index (χ3v) is 3.68. The van der Waals surface area contributed by atoms with Crippen LogP contribution in [0.2, 0.25) is 0 Å². The maximum Gasteiger partial charge on any atom is 0.307 e. The fourth-order valence-electron chi connectivity index (χ4n) is 2.86. The number of carboxylic acids is 1. The van der Waals surface area contributed by atoms with Gasteiger partial charge < -0.3 is 15.3 Å². The second-order valence-corrected chi connectivity index (χ2v) is 4.88. The highest BCUT2D eigenvalue weighted by Crippen LogP contribution is 2.29. The van der Waals surface area contributed by atoms with Crippen LogP contribution in [0, 0.1) is 0 Å². The number of aliphatic carboxylic acids is 1. The third-order valence-electron chi connectivity index (χ3n) is 3.68. The van der Waals surface area contributed by atoms with E-state index in [-0.39, 0.29) is 6.42 Å². The number of nitrogens with zero attached hydrogens (tertiary/aromatic N) is 1. The Kier molecular flexibility index (Phi) is 2.52. The molecule has 1 aromatic carbocycles. The molecule has 0 spiro atoms. The molecule has 0 aromatic heterocycles. The lowest BCUT2D eigenvalue weighted by Crippen LogP contribution is -2.43. The molecule has 17 heavy (non-hydrogen) atoms. The molecular weight excluding hydrogens is 216 g/mol. The largest absolute Gasteiger partial charge is 0.481 e. The predicted octanol–water partition coefficient (Wildman–Crippen LogP) is 0.864. The zero-order chi connectivity index (χ0) is 11.8. The number of piperazine rings is 1. The summed E-state index contributed by atoms with van der Waals surface area (Å²) in [5.74, 6) is -0.776. The van der Waals surface area contributed by atoms with Gasteiger partial charge in [0, 0.05) is 30.9 Å². The summed E-state index contributed by atoms with van der Waals surface area (Å²) < 4.78 is 0. The smallest absolute Gasteiger partial charge is 0.307 e. The molecule has 2 bridgehead atoms. The summed E-state index contributed by atoms with van der Waals surface area (Å²) in [6.45, 7) is 2.14. The highest BCUT2D eigenvalue weighted by molar-refractivity contribution is 5.70. The molecule has 2 atom stereocenters. The van der Waals surface area contributed by atoms with Gasteiger partial charge in [-0.3, -0.25) is 4.79 Å². The van der Waals surface area contributed by atoms with E-state index in [9.17, 15) is 4.79 Å². The summed E-state index contributed by atoms with van der Waals surface area (Å²) in [7, 11) is 0. The number of nitrogens with one attached hydrogen (secondary N) is 1. The van der Waals surface area contributed by atoms with Crippen molar-refractivity contribution in [2.45, 2.75) is 24.9 Å². The first-order valence-electron chi connectivity index (χ1n) is 6.03. The molecule has 4 heteroatoms. The Morgan fingerprint density at radius 2 is 2.18 bits per heavy atom. The van der Waals surface area contributed by atoms with Gasteiger partial charge >= 0.3 is 5.97 Å². The van der Waals surface area contributed by atoms with Gasteiger partial charge in [0.2, 0.25) is 0 Å². The van der Waals surface area contributed by atoms with E-state index in [1.165, 1.54) is 12.1 Å². The number of fused-ring (bicyclic) bond motifs is 2. The summed E-state index contributed by atoms with van der Waals surface area (Å²) in [6.07, 6.45) is 1.34. The molecule has 2 heterocycles. The first-order valence-corrected chi connectivity index (χ1v) is 6.03. The molecule has 4 nitrogen and oxygen atoms in total. The van der Waals surface area contributed by atoms with Crippen LogP contribution in [0.15, 0.2) is 24.3 Å². The second kappa shape index (κ2) is 4.04. The number of carbonyl (C=O) groups is 1. The topological polar surface area (TPSA) is 52.6 Å². The molecule has 0 saturated carbocycles. The number of hydrogen-bond acceptors (Lipinski definition) is 3. The molecule has 2 fully saturated rings. The van der Waals surface area contributed by atoms with Gasteiger partial charge in [0.05, 0.1) is 6.42 Å². The Morgan fingerprint density at radius 3 is 2.71 bits per heavy atom. The maximum absolute atomic E-state index is 10.6. The van der Waals surface area contributed by atoms with Crippen LogP contribution in [0.4, 0.5) is 5.69 Å². The lowest BCUT2D eigenvalue weighted by atomic mass is 10.1. The number of benzene rings is 1. The van der Waals surface area contributed by atoms with Crippen LogP contribution in [-0.2, 0) is 11.2 Å². The predicted molar refractivity (Wildman–Crippen MR) is 65.3 cm³/mol. The third kappa shape index (κ3) is 2.00. The van der Waals surface area contributed by atoms with Crippen molar-refractivity contribution >= 4 is 11.7 Å². The minimum atomic E-state index is -0.776. The van der Waals surface area contributed by atoms with Gasteiger partial charge in [0.1, 0.15) is 0 Å². The van der Waals surface area contributed by atoms with Crippen LogP contribution >= 0.6 is 0 Å². The summed E-state index contributed by atoms with van der Waals surface area (Å²) in [5.41, 5.74) is 2.08. The van der Waals surface area contributed by atoms with E-state index < -0.39 is 5.97 Å². The monoisotopic (exact) mass is 232 g/mol. The van der Waals surface area contributed by atoms with E-state index in [0.29, 0.717) is 12.1 Å². The molecule has 0 radical (unpaired) electrons. The van der Waals surface area contributed by atoms with Crippen molar-refractivity contribution < 1.29 is 9.90 Å². The van der Waals surface area contributed by atoms with Crippen molar-refractivity contribution in [1.82, 2.24) is 5.32 Å². The van der Waals surface area contributed by atoms with E-state index in [1.807, 2.05) is 24.3 Å². The zero-order valence-electron chi connectivity index (χ0n) is 9.60. The van der Waals surface area contributed by atoms with Crippen LogP contribution in [0.1, 0.15) is 12.0 Å². The molecule has 2 unspecified atom stereocenters. The van der Waals surface area contributed by atoms with E-state index in [4.69, 9.17) is 5.11 Å². The minimum Gasteiger partial charge on any atom is -0.481 e. The van der Waals surface area contributed by atoms with E-state index in [0.717, 1.165) is 18.7 Å². The Balaban J connectivity index is 1.74. The van der Waals surface area contributed by atoms with Gasteiger partial charge in [0.25, 0.3) is 0 Å². The molecule has 2 saturated heterocycles. The number of anilines is 1. The van der Waals surface area contributed by atoms with E-state index in [1.54, 1.807) is 0 Å². The highest BCUT2D eigenvalue weighted by atomic mass is 16.4. The summed E-state index contributed by atoms with van der Waals surface area (Å²) >= 11 is 0. The lowest BCUT2D eigenvalue weighted by molar-refractivity contribution is -0.136. The summed E-state index contributed by atoms with van der Waals surface area (Å²) in [4.78, 5) is 13.0. The second-order valence-electron chi connectivity index (χ2n) is 4.88. The van der Waals surface area contributed by atoms with Crippen LogP contribution < -0.4 is 10.2 Å². The van der Waals surface area contributed by atoms with Crippen LogP contribution in [0.3, 0.4) is 0 Å². The molecule has 2 aliphatic heterocycles. The highest BCUT2D eigenvalue weighted by Gasteiger charge is 2.37. The summed E-state index contributed by atoms with van der Waals surface area (Å²) in [5, 5.41) is 12.2. The van der Waals surface area contributed by atoms with Crippen LogP contribution in [0.25, 0.3) is 0 Å². The number of hydrogen-bond donors (Lipinski definition) is 2. The molecule has 3 rings (SSSR count). The van der Waals surface area contributed by atoms with Crippen molar-refractivity contribution in [2.75, 3.05) is 18.0 Å². The average molecular weight is 232 g/mol. The average Bonchev–Trinajstić information content (AvgIpc) is 2.91. The molecule has 90 valence electrons. The molecule has 0 amide bonds. The molecule has 1 aromatic rings. The Labute approximate surface area is 100 Å². The van der Waals surface area contributed by atoms with Crippen LogP contribution in [0.5, 0.6) is 0 Å². The van der Waals surface area contributed by atoms with Crippen LogP contribution in [-0.4, -0.2) is 36.2 Å². The standard InChI is InChI=1S/C13H16N2O2/c16-13(17)5-9-1-3-11(4-2-9)15-8-10-6-12(15)7-14-10/h1-4,10,12,14H,5-8H2,(H,16,17). The first kappa shape index (κ1) is 10.6. The molecular formula is C13H16N2O2. The van der Waals surface area contributed by atoms with Crippen molar-refractivity contribution in [1.29, 1.82) is 0 Å². The normalized spacial score (nSPS) is 26.5. The van der Waals surface area contributed by atoms with E-state index in [2.05, 4.69) is 10.2 Å². The van der Waals surface area contributed by atoms with Gasteiger partial charge in [-0.1, -0.05) is 12.1 Å². The van der Waals surface area contributed by atoms with Gasteiger partial charge in [-0.2, -0.15) is 0 Å². The molecule has 2 N–H and O–H groups in total. The quantitative estimate of drug-likeness (QED) is 0.811. The van der Waals surface area contributed by atoms with Gasteiger partial charge in [-0.05, 0) is 24.1 Å². The van der Waals surface area contributed by atoms with Crippen molar-refractivity contribution in [3.05, 3.63) is 29.8 Å². The number of rotatable bonds is 3. The number of carboxylic acid groups (broad SMARTS) is 1. The SMILES string of the molecule is O=C(O)Cc1ccc(N2CC3CC2CN3)cc1. The zero-order valence-corrected chi connectivity index (χ0v) is 9.60. The van der Waals surface area contributed by atoms with Gasteiger partial charge in [-0.15, -0.1) is 0 Å². The first-order chi connectivity index (χ1) is 8.22. The van der Waals surface area contributed by atoms with Crippen molar-refractivity contribution in [3.8, 4) is 0 Å². The fourth-order valence-corrected chi connectivity index (χ4v) is 2.86. The molecule has 0 aliphatic carbocycles. The Morgan fingerprint density at radius 1 is 1.41 bits per heavy atom. The fraction of sp³-hybridized carbons (Fsp3) is 0.462. The Bertz CT molecular complexity index is 430. The lowest BCUT2D eigenvalue weighted by Gasteiger charge is -2.29. The van der Waals surface area contributed by atoms with Crippen molar-refractivity contribution in [2.24, 2.45) is 0 Å². The maximum atomic E-state index is 10.6. The van der Waals surface area contributed by atoms with Gasteiger partial charge in [-0.25, -0.2) is 0 Å².